The molecular weight excluding hydrogens is 274 g/mol. The lowest BCUT2D eigenvalue weighted by atomic mass is 9.99. The van der Waals surface area contributed by atoms with Gasteiger partial charge in [0.1, 0.15) is 0 Å². The summed E-state index contributed by atoms with van der Waals surface area (Å²) in [5.74, 6) is 0.503. The van der Waals surface area contributed by atoms with E-state index in [0.29, 0.717) is 5.92 Å². The predicted molar refractivity (Wildman–Crippen MR) is 82.5 cm³/mol. The Balaban J connectivity index is 0.000000704. The number of benzene rings is 1. The Morgan fingerprint density at radius 3 is 2.70 bits per heavy atom. The highest BCUT2D eigenvalue weighted by Gasteiger charge is 2.19. The van der Waals surface area contributed by atoms with Crippen molar-refractivity contribution in [1.82, 2.24) is 10.3 Å². The van der Waals surface area contributed by atoms with Crippen LogP contribution in [0.1, 0.15) is 37.6 Å². The first kappa shape index (κ1) is 14.9. The van der Waals surface area contributed by atoms with Crippen molar-refractivity contribution in [3.05, 3.63) is 33.3 Å². The van der Waals surface area contributed by atoms with E-state index < -0.39 is 0 Å². The van der Waals surface area contributed by atoms with E-state index in [0.717, 1.165) is 41.2 Å². The second-order valence-electron chi connectivity index (χ2n) is 4.49. The maximum atomic E-state index is 10.7. The van der Waals surface area contributed by atoms with Crippen molar-refractivity contribution < 1.29 is 4.92 Å². The molecule has 1 aliphatic rings. The minimum atomic E-state index is -0.372. The van der Waals surface area contributed by atoms with Gasteiger partial charge in [-0.15, -0.1) is 11.3 Å². The molecule has 3 rings (SSSR count). The van der Waals surface area contributed by atoms with Crippen molar-refractivity contribution >= 4 is 27.2 Å². The Bertz CT molecular complexity index is 591. The highest BCUT2D eigenvalue weighted by Crippen LogP contribution is 2.33. The Labute approximate surface area is 122 Å². The summed E-state index contributed by atoms with van der Waals surface area (Å²) in [5, 5.41) is 15.2. The number of fused-ring (bicyclic) bond motifs is 1. The van der Waals surface area contributed by atoms with Crippen molar-refractivity contribution in [1.29, 1.82) is 0 Å². The number of piperidine rings is 1. The lowest BCUT2D eigenvalue weighted by Gasteiger charge is -2.20. The van der Waals surface area contributed by atoms with Crippen LogP contribution in [0.4, 0.5) is 5.69 Å². The van der Waals surface area contributed by atoms with Gasteiger partial charge in [-0.25, -0.2) is 4.98 Å². The number of aromatic nitrogens is 1. The van der Waals surface area contributed by atoms with Gasteiger partial charge < -0.3 is 5.32 Å². The topological polar surface area (TPSA) is 68.1 Å². The summed E-state index contributed by atoms with van der Waals surface area (Å²) in [6, 6.07) is 4.92. The van der Waals surface area contributed by atoms with Gasteiger partial charge in [-0.05, 0) is 32.0 Å². The molecule has 0 saturated carbocycles. The summed E-state index contributed by atoms with van der Waals surface area (Å²) in [7, 11) is 0. The Kier molecular flexibility index (Phi) is 5.03. The fourth-order valence-corrected chi connectivity index (χ4v) is 3.41. The molecule has 1 aromatic carbocycles. The van der Waals surface area contributed by atoms with Crippen LogP contribution in [0, 0.1) is 10.1 Å². The average Bonchev–Trinajstić information content (AvgIpc) is 2.93. The van der Waals surface area contributed by atoms with E-state index in [9.17, 15) is 10.1 Å². The van der Waals surface area contributed by atoms with E-state index in [1.54, 1.807) is 29.5 Å². The molecule has 0 amide bonds. The third-order valence-corrected chi connectivity index (χ3v) is 4.49. The Morgan fingerprint density at radius 1 is 1.35 bits per heavy atom. The molecule has 0 atom stereocenters. The standard InChI is InChI=1S/C12H13N3O2S.C2H6/c16-15(17)9-1-2-11-10(7-9)14-12(18-11)8-3-5-13-6-4-8;1-2/h1-2,7-8,13H,3-6H2;1-2H3. The summed E-state index contributed by atoms with van der Waals surface area (Å²) in [5.41, 5.74) is 0.868. The molecule has 2 heterocycles. The van der Waals surface area contributed by atoms with E-state index in [4.69, 9.17) is 0 Å². The molecule has 6 heteroatoms. The molecule has 0 aliphatic carbocycles. The SMILES string of the molecule is CC.O=[N+]([O-])c1ccc2sc(C3CCNCC3)nc2c1. The monoisotopic (exact) mass is 293 g/mol. The summed E-state index contributed by atoms with van der Waals surface area (Å²) < 4.78 is 1.04. The number of nitrogens with zero attached hydrogens (tertiary/aromatic N) is 2. The first-order valence-corrected chi connectivity index (χ1v) is 7.81. The van der Waals surface area contributed by atoms with E-state index >= 15 is 0 Å². The summed E-state index contributed by atoms with van der Waals surface area (Å²) in [4.78, 5) is 14.9. The maximum absolute atomic E-state index is 10.7. The number of nitro groups is 1. The number of nitrogens with one attached hydrogen (secondary N) is 1. The van der Waals surface area contributed by atoms with Gasteiger partial charge in [-0.3, -0.25) is 10.1 Å². The number of non-ortho nitro benzene ring substituents is 1. The fourth-order valence-electron chi connectivity index (χ4n) is 2.29. The van der Waals surface area contributed by atoms with E-state index in [-0.39, 0.29) is 10.6 Å². The lowest BCUT2D eigenvalue weighted by Crippen LogP contribution is -2.26. The highest BCUT2D eigenvalue weighted by atomic mass is 32.1. The number of thiazole rings is 1. The molecule has 1 saturated heterocycles. The minimum Gasteiger partial charge on any atom is -0.317 e. The van der Waals surface area contributed by atoms with Crippen LogP contribution in [0.25, 0.3) is 10.2 Å². The van der Waals surface area contributed by atoms with Gasteiger partial charge in [-0.1, -0.05) is 13.8 Å². The van der Waals surface area contributed by atoms with Crippen LogP contribution < -0.4 is 5.32 Å². The van der Waals surface area contributed by atoms with Crippen LogP contribution in [-0.4, -0.2) is 23.0 Å². The zero-order chi connectivity index (χ0) is 14.5. The van der Waals surface area contributed by atoms with Gasteiger partial charge >= 0.3 is 0 Å². The zero-order valence-corrected chi connectivity index (χ0v) is 12.6. The number of nitro benzene ring substituents is 1. The van der Waals surface area contributed by atoms with Crippen molar-refractivity contribution in [3.8, 4) is 0 Å². The molecule has 1 N–H and O–H groups in total. The average molecular weight is 293 g/mol. The Hall–Kier alpha value is -1.53. The summed E-state index contributed by atoms with van der Waals surface area (Å²) in [6.45, 7) is 6.06. The molecule has 0 bridgehead atoms. The molecule has 0 radical (unpaired) electrons. The van der Waals surface area contributed by atoms with Crippen molar-refractivity contribution in [3.63, 3.8) is 0 Å². The van der Waals surface area contributed by atoms with Crippen LogP contribution in [0.3, 0.4) is 0 Å². The van der Waals surface area contributed by atoms with Crippen LogP contribution in [0.5, 0.6) is 0 Å². The van der Waals surface area contributed by atoms with E-state index in [1.165, 1.54) is 0 Å². The van der Waals surface area contributed by atoms with Crippen LogP contribution in [0.15, 0.2) is 18.2 Å². The zero-order valence-electron chi connectivity index (χ0n) is 11.8. The normalized spacial score (nSPS) is 15.7. The molecule has 5 nitrogen and oxygen atoms in total. The molecule has 1 aliphatic heterocycles. The number of rotatable bonds is 2. The molecule has 1 aromatic heterocycles. The first-order chi connectivity index (χ1) is 9.74. The fraction of sp³-hybridized carbons (Fsp3) is 0.500. The number of hydrogen-bond donors (Lipinski definition) is 1. The summed E-state index contributed by atoms with van der Waals surface area (Å²) >= 11 is 1.66. The second kappa shape index (κ2) is 6.76. The molecule has 0 unspecified atom stereocenters. The largest absolute Gasteiger partial charge is 0.317 e. The van der Waals surface area contributed by atoms with Crippen molar-refractivity contribution in [2.24, 2.45) is 0 Å². The second-order valence-corrected chi connectivity index (χ2v) is 5.55. The van der Waals surface area contributed by atoms with Crippen molar-refractivity contribution in [2.45, 2.75) is 32.6 Å². The highest BCUT2D eigenvalue weighted by molar-refractivity contribution is 7.18. The van der Waals surface area contributed by atoms with Gasteiger partial charge in [0.25, 0.3) is 5.69 Å². The van der Waals surface area contributed by atoms with Gasteiger partial charge in [0, 0.05) is 18.1 Å². The van der Waals surface area contributed by atoms with Crippen LogP contribution in [0.2, 0.25) is 0 Å². The molecule has 2 aromatic rings. The minimum absolute atomic E-state index is 0.115. The first-order valence-electron chi connectivity index (χ1n) is 6.99. The van der Waals surface area contributed by atoms with Gasteiger partial charge in [0.15, 0.2) is 0 Å². The van der Waals surface area contributed by atoms with Gasteiger partial charge in [0.2, 0.25) is 0 Å². The quantitative estimate of drug-likeness (QED) is 0.677. The maximum Gasteiger partial charge on any atom is 0.271 e. The molecule has 20 heavy (non-hydrogen) atoms. The molecular formula is C14H19N3O2S. The third kappa shape index (κ3) is 3.13. The van der Waals surface area contributed by atoms with Gasteiger partial charge in [0.05, 0.1) is 20.1 Å². The Morgan fingerprint density at radius 2 is 2.05 bits per heavy atom. The molecule has 108 valence electrons. The molecule has 1 fully saturated rings. The lowest BCUT2D eigenvalue weighted by molar-refractivity contribution is -0.384. The third-order valence-electron chi connectivity index (χ3n) is 3.29. The smallest absolute Gasteiger partial charge is 0.271 e. The van der Waals surface area contributed by atoms with Crippen LogP contribution in [-0.2, 0) is 0 Å². The predicted octanol–water partition coefficient (Wildman–Crippen LogP) is 3.70. The molecule has 0 spiro atoms. The number of hydrogen-bond acceptors (Lipinski definition) is 5. The van der Waals surface area contributed by atoms with Crippen LogP contribution >= 0.6 is 11.3 Å². The van der Waals surface area contributed by atoms with E-state index in [1.807, 2.05) is 13.8 Å². The van der Waals surface area contributed by atoms with Gasteiger partial charge in [-0.2, -0.15) is 0 Å². The summed E-state index contributed by atoms with van der Waals surface area (Å²) in [6.07, 6.45) is 2.20. The van der Waals surface area contributed by atoms with Crippen molar-refractivity contribution in [2.75, 3.05) is 13.1 Å². The van der Waals surface area contributed by atoms with E-state index in [2.05, 4.69) is 10.3 Å².